The summed E-state index contributed by atoms with van der Waals surface area (Å²) in [6, 6.07) is 12.0. The second-order valence-electron chi connectivity index (χ2n) is 5.72. The van der Waals surface area contributed by atoms with Crippen LogP contribution in [0, 0.1) is 18.3 Å². The lowest BCUT2D eigenvalue weighted by molar-refractivity contribution is -0.140. The molecule has 1 aliphatic rings. The van der Waals surface area contributed by atoms with Crippen LogP contribution in [0.4, 0.5) is 0 Å². The number of rotatable bonds is 5. The molecule has 0 spiro atoms. The van der Waals surface area contributed by atoms with Crippen LogP contribution in [-0.2, 0) is 14.8 Å². The predicted molar refractivity (Wildman–Crippen MR) is 91.3 cm³/mol. The van der Waals surface area contributed by atoms with Gasteiger partial charge in [0.25, 0.3) is 10.0 Å². The second kappa shape index (κ2) is 5.74. The highest BCUT2D eigenvalue weighted by Gasteiger charge is 2.70. The van der Waals surface area contributed by atoms with Gasteiger partial charge in [-0.1, -0.05) is 43.2 Å². The zero-order valence-corrected chi connectivity index (χ0v) is 14.4. The molecule has 1 aromatic carbocycles. The average molecular weight is 361 g/mol. The summed E-state index contributed by atoms with van der Waals surface area (Å²) in [7, 11) is -3.97. The lowest BCUT2D eigenvalue weighted by Crippen LogP contribution is -2.45. The number of carbonyl (C=O) groups is 1. The SMILES string of the molecule is C#Cc1ccc(S(=O)(=O)N[C@@]2(C(=O)O)C(C)[C@@H]2c2ccccc2)s1. The molecule has 1 saturated carbocycles. The summed E-state index contributed by atoms with van der Waals surface area (Å²) < 4.78 is 27.6. The van der Waals surface area contributed by atoms with Crippen molar-refractivity contribution in [2.75, 3.05) is 0 Å². The van der Waals surface area contributed by atoms with E-state index >= 15 is 0 Å². The van der Waals surface area contributed by atoms with Crippen LogP contribution in [0.2, 0.25) is 0 Å². The van der Waals surface area contributed by atoms with Gasteiger partial charge in [-0.25, -0.2) is 8.42 Å². The monoisotopic (exact) mass is 361 g/mol. The van der Waals surface area contributed by atoms with Gasteiger partial charge in [-0.2, -0.15) is 4.72 Å². The summed E-state index contributed by atoms with van der Waals surface area (Å²) in [5.41, 5.74) is -0.744. The Morgan fingerprint density at radius 3 is 2.50 bits per heavy atom. The minimum atomic E-state index is -3.97. The molecule has 0 saturated heterocycles. The maximum Gasteiger partial charge on any atom is 0.325 e. The molecule has 24 heavy (non-hydrogen) atoms. The normalized spacial score (nSPS) is 25.8. The van der Waals surface area contributed by atoms with Crippen LogP contribution >= 0.6 is 11.3 Å². The first-order valence-electron chi connectivity index (χ1n) is 7.21. The quantitative estimate of drug-likeness (QED) is 0.800. The van der Waals surface area contributed by atoms with Gasteiger partial charge in [0, 0.05) is 5.92 Å². The number of carboxylic acid groups (broad SMARTS) is 1. The summed E-state index contributed by atoms with van der Waals surface area (Å²) in [6.07, 6.45) is 5.27. The first-order valence-corrected chi connectivity index (χ1v) is 9.51. The van der Waals surface area contributed by atoms with Crippen LogP contribution < -0.4 is 4.72 Å². The molecule has 0 amide bonds. The molecule has 3 rings (SSSR count). The molecule has 2 N–H and O–H groups in total. The van der Waals surface area contributed by atoms with Crippen molar-refractivity contribution >= 4 is 27.3 Å². The third-order valence-corrected chi connectivity index (χ3v) is 7.40. The molecule has 0 bridgehead atoms. The van der Waals surface area contributed by atoms with Crippen molar-refractivity contribution in [1.82, 2.24) is 4.72 Å². The standard InChI is InChI=1S/C17H15NO4S2/c1-3-13-9-10-14(23-13)24(21,22)18-17(16(19)20)11(2)15(17)12-7-5-4-6-8-12/h1,4-11,15,18H,2H3,(H,19,20)/t11?,15-,17+/m1/s1. The van der Waals surface area contributed by atoms with Gasteiger partial charge in [0.05, 0.1) is 4.88 Å². The van der Waals surface area contributed by atoms with E-state index in [1.165, 1.54) is 12.1 Å². The molecule has 1 fully saturated rings. The average Bonchev–Trinajstić information content (AvgIpc) is 2.93. The number of nitrogens with one attached hydrogen (secondary N) is 1. The highest BCUT2D eigenvalue weighted by atomic mass is 32.2. The van der Waals surface area contributed by atoms with E-state index in [-0.39, 0.29) is 10.1 Å². The van der Waals surface area contributed by atoms with Gasteiger partial charge >= 0.3 is 5.97 Å². The molecule has 0 aliphatic heterocycles. The van der Waals surface area contributed by atoms with Crippen LogP contribution in [0.25, 0.3) is 0 Å². The fourth-order valence-electron chi connectivity index (χ4n) is 3.12. The molecule has 124 valence electrons. The summed E-state index contributed by atoms with van der Waals surface area (Å²) in [4.78, 5) is 12.4. The molecular weight excluding hydrogens is 346 g/mol. The molecule has 7 heteroatoms. The van der Waals surface area contributed by atoms with Crippen molar-refractivity contribution in [3.63, 3.8) is 0 Å². The van der Waals surface area contributed by atoms with E-state index in [0.717, 1.165) is 16.9 Å². The number of thiophene rings is 1. The molecule has 1 heterocycles. The maximum atomic E-state index is 12.6. The topological polar surface area (TPSA) is 83.5 Å². The van der Waals surface area contributed by atoms with Gasteiger partial charge in [-0.3, -0.25) is 4.79 Å². The van der Waals surface area contributed by atoms with Crippen LogP contribution in [0.15, 0.2) is 46.7 Å². The lowest BCUT2D eigenvalue weighted by atomic mass is 10.1. The molecule has 1 unspecified atom stereocenters. The smallest absolute Gasteiger partial charge is 0.325 e. The lowest BCUT2D eigenvalue weighted by Gasteiger charge is -2.15. The van der Waals surface area contributed by atoms with Crippen LogP contribution in [0.1, 0.15) is 23.3 Å². The van der Waals surface area contributed by atoms with Gasteiger partial charge in [-0.15, -0.1) is 17.8 Å². The fraction of sp³-hybridized carbons (Fsp3) is 0.235. The van der Waals surface area contributed by atoms with E-state index in [2.05, 4.69) is 10.6 Å². The molecular formula is C17H15NO4S2. The van der Waals surface area contributed by atoms with Crippen molar-refractivity contribution in [1.29, 1.82) is 0 Å². The van der Waals surface area contributed by atoms with Gasteiger partial charge < -0.3 is 5.11 Å². The van der Waals surface area contributed by atoms with Gasteiger partial charge in [-0.05, 0) is 23.6 Å². The first kappa shape index (κ1) is 16.7. The summed E-state index contributed by atoms with van der Waals surface area (Å²) in [6.45, 7) is 1.73. The largest absolute Gasteiger partial charge is 0.480 e. The molecule has 1 aromatic heterocycles. The van der Waals surface area contributed by atoms with Gasteiger partial charge in [0.1, 0.15) is 9.75 Å². The summed E-state index contributed by atoms with van der Waals surface area (Å²) in [5.74, 6) is 0.414. The van der Waals surface area contributed by atoms with E-state index in [0.29, 0.717) is 4.88 Å². The number of aliphatic carboxylic acids is 1. The van der Waals surface area contributed by atoms with Crippen molar-refractivity contribution in [3.8, 4) is 12.3 Å². The number of terminal acetylenes is 1. The number of hydrogen-bond donors (Lipinski definition) is 2. The van der Waals surface area contributed by atoms with Crippen molar-refractivity contribution < 1.29 is 18.3 Å². The molecule has 1 aliphatic carbocycles. The van der Waals surface area contributed by atoms with E-state index in [1.807, 2.05) is 18.2 Å². The minimum absolute atomic E-state index is 0.0157. The van der Waals surface area contributed by atoms with Gasteiger partial charge in [0.2, 0.25) is 0 Å². The van der Waals surface area contributed by atoms with Crippen molar-refractivity contribution in [3.05, 3.63) is 52.9 Å². The third kappa shape index (κ3) is 2.53. The number of carboxylic acids is 1. The Morgan fingerprint density at radius 1 is 1.29 bits per heavy atom. The Bertz CT molecular complexity index is 927. The molecule has 2 aromatic rings. The van der Waals surface area contributed by atoms with E-state index in [4.69, 9.17) is 6.42 Å². The highest BCUT2D eigenvalue weighted by molar-refractivity contribution is 7.91. The maximum absolute atomic E-state index is 12.6. The molecule has 0 radical (unpaired) electrons. The fourth-order valence-corrected chi connectivity index (χ4v) is 5.69. The van der Waals surface area contributed by atoms with E-state index in [9.17, 15) is 18.3 Å². The minimum Gasteiger partial charge on any atom is -0.480 e. The highest BCUT2D eigenvalue weighted by Crippen LogP contribution is 2.58. The Hall–Kier alpha value is -2.14. The Labute approximate surface area is 144 Å². The Morgan fingerprint density at radius 2 is 1.96 bits per heavy atom. The van der Waals surface area contributed by atoms with Crippen LogP contribution in [0.3, 0.4) is 0 Å². The Kier molecular flexibility index (Phi) is 4.00. The summed E-state index contributed by atoms with van der Waals surface area (Å²) in [5, 5.41) is 9.71. The molecule has 3 atom stereocenters. The van der Waals surface area contributed by atoms with Crippen molar-refractivity contribution in [2.24, 2.45) is 5.92 Å². The third-order valence-electron chi connectivity index (χ3n) is 4.40. The van der Waals surface area contributed by atoms with Crippen LogP contribution in [0.5, 0.6) is 0 Å². The number of hydrogen-bond acceptors (Lipinski definition) is 4. The van der Waals surface area contributed by atoms with E-state index < -0.39 is 27.4 Å². The zero-order chi connectivity index (χ0) is 17.5. The zero-order valence-electron chi connectivity index (χ0n) is 12.8. The van der Waals surface area contributed by atoms with Crippen LogP contribution in [-0.4, -0.2) is 25.0 Å². The predicted octanol–water partition coefficient (Wildman–Crippen LogP) is 2.26. The Balaban J connectivity index is 1.96. The number of sulfonamides is 1. The first-order chi connectivity index (χ1) is 11.3. The second-order valence-corrected chi connectivity index (χ2v) is 8.71. The summed E-state index contributed by atoms with van der Waals surface area (Å²) >= 11 is 0.939. The van der Waals surface area contributed by atoms with Crippen molar-refractivity contribution in [2.45, 2.75) is 22.6 Å². The number of benzene rings is 1. The molecule has 5 nitrogen and oxygen atoms in total. The van der Waals surface area contributed by atoms with Gasteiger partial charge in [0.15, 0.2) is 0 Å². The van der Waals surface area contributed by atoms with E-state index in [1.54, 1.807) is 19.1 Å².